The van der Waals surface area contributed by atoms with Crippen molar-refractivity contribution in [2.75, 3.05) is 47.1 Å². The quantitative estimate of drug-likeness (QED) is 0.598. The molecule has 0 aliphatic rings. The molecule has 0 fully saturated rings. The summed E-state index contributed by atoms with van der Waals surface area (Å²) in [4.78, 5) is 2.41. The first-order valence-corrected chi connectivity index (χ1v) is 6.67. The number of nitrogens with zero attached hydrogens (tertiary/aromatic N) is 1. The SMILES string of the molecule is CCC(CC)C(CN)N(CCOC)CCOC. The van der Waals surface area contributed by atoms with Crippen molar-refractivity contribution in [1.82, 2.24) is 4.90 Å². The normalized spacial score (nSPS) is 13.6. The van der Waals surface area contributed by atoms with Crippen LogP contribution in [0.5, 0.6) is 0 Å². The first kappa shape index (κ1) is 16.8. The molecule has 0 aromatic carbocycles. The van der Waals surface area contributed by atoms with Gasteiger partial charge in [-0.05, 0) is 5.92 Å². The molecule has 0 aromatic rings. The Bertz CT molecular complexity index is 155. The fourth-order valence-electron chi connectivity index (χ4n) is 2.33. The first-order chi connectivity index (χ1) is 8.24. The van der Waals surface area contributed by atoms with Crippen molar-refractivity contribution < 1.29 is 9.47 Å². The summed E-state index contributed by atoms with van der Waals surface area (Å²) in [5.74, 6) is 0.661. The molecular formula is C13H30N2O2. The third-order valence-electron chi connectivity index (χ3n) is 3.47. The Morgan fingerprint density at radius 1 is 1.00 bits per heavy atom. The van der Waals surface area contributed by atoms with Crippen LogP contribution in [0, 0.1) is 5.92 Å². The highest BCUT2D eigenvalue weighted by molar-refractivity contribution is 4.79. The molecule has 0 rings (SSSR count). The largest absolute Gasteiger partial charge is 0.383 e. The summed E-state index contributed by atoms with van der Waals surface area (Å²) >= 11 is 0. The molecule has 0 amide bonds. The zero-order chi connectivity index (χ0) is 13.1. The molecule has 0 saturated carbocycles. The third-order valence-corrected chi connectivity index (χ3v) is 3.47. The molecule has 104 valence electrons. The van der Waals surface area contributed by atoms with Gasteiger partial charge in [-0.1, -0.05) is 26.7 Å². The lowest BCUT2D eigenvalue weighted by molar-refractivity contribution is 0.0666. The molecule has 4 heteroatoms. The average molecular weight is 246 g/mol. The zero-order valence-corrected chi connectivity index (χ0v) is 11.9. The number of methoxy groups -OCH3 is 2. The van der Waals surface area contributed by atoms with Gasteiger partial charge in [0.05, 0.1) is 13.2 Å². The van der Waals surface area contributed by atoms with Gasteiger partial charge in [0, 0.05) is 39.9 Å². The summed E-state index contributed by atoms with van der Waals surface area (Å²) < 4.78 is 10.3. The van der Waals surface area contributed by atoms with E-state index < -0.39 is 0 Å². The predicted octanol–water partition coefficient (Wildman–Crippen LogP) is 1.34. The van der Waals surface area contributed by atoms with Crippen LogP contribution >= 0.6 is 0 Å². The summed E-state index contributed by atoms with van der Waals surface area (Å²) in [7, 11) is 3.48. The standard InChI is InChI=1S/C13H30N2O2/c1-5-12(6-2)13(11-14)15(7-9-16-3)8-10-17-4/h12-13H,5-11,14H2,1-4H3. The van der Waals surface area contributed by atoms with Crippen LogP contribution in [0.15, 0.2) is 0 Å². The van der Waals surface area contributed by atoms with Crippen LogP contribution in [0.1, 0.15) is 26.7 Å². The van der Waals surface area contributed by atoms with Crippen molar-refractivity contribution in [3.63, 3.8) is 0 Å². The number of rotatable bonds is 11. The Morgan fingerprint density at radius 3 is 1.76 bits per heavy atom. The van der Waals surface area contributed by atoms with E-state index >= 15 is 0 Å². The maximum absolute atomic E-state index is 5.95. The van der Waals surface area contributed by atoms with Gasteiger partial charge in [-0.15, -0.1) is 0 Å². The molecule has 0 aliphatic carbocycles. The Kier molecular flexibility index (Phi) is 10.9. The molecule has 1 unspecified atom stereocenters. The lowest BCUT2D eigenvalue weighted by Gasteiger charge is -2.35. The van der Waals surface area contributed by atoms with Crippen LogP contribution in [-0.4, -0.2) is 58.0 Å². The average Bonchev–Trinajstić information content (AvgIpc) is 2.37. The number of ether oxygens (including phenoxy) is 2. The number of hydrogen-bond donors (Lipinski definition) is 1. The molecule has 1 atom stereocenters. The molecule has 17 heavy (non-hydrogen) atoms. The van der Waals surface area contributed by atoms with E-state index in [0.717, 1.165) is 26.3 Å². The van der Waals surface area contributed by atoms with Gasteiger partial charge in [0.2, 0.25) is 0 Å². The van der Waals surface area contributed by atoms with Gasteiger partial charge in [-0.3, -0.25) is 4.90 Å². The summed E-state index contributed by atoms with van der Waals surface area (Å²) in [5, 5.41) is 0. The Labute approximate surface area is 106 Å². The van der Waals surface area contributed by atoms with Crippen LogP contribution < -0.4 is 5.73 Å². The van der Waals surface area contributed by atoms with E-state index in [0.29, 0.717) is 18.5 Å². The van der Waals surface area contributed by atoms with Crippen LogP contribution in [0.25, 0.3) is 0 Å². The fraction of sp³-hybridized carbons (Fsp3) is 1.00. The Morgan fingerprint density at radius 2 is 1.47 bits per heavy atom. The topological polar surface area (TPSA) is 47.7 Å². The highest BCUT2D eigenvalue weighted by atomic mass is 16.5. The maximum Gasteiger partial charge on any atom is 0.0589 e. The van der Waals surface area contributed by atoms with Crippen LogP contribution in [0.2, 0.25) is 0 Å². The van der Waals surface area contributed by atoms with Gasteiger partial charge in [0.1, 0.15) is 0 Å². The van der Waals surface area contributed by atoms with Gasteiger partial charge < -0.3 is 15.2 Å². The van der Waals surface area contributed by atoms with E-state index in [1.165, 1.54) is 12.8 Å². The lowest BCUT2D eigenvalue weighted by atomic mass is 9.93. The first-order valence-electron chi connectivity index (χ1n) is 6.67. The van der Waals surface area contributed by atoms with E-state index in [9.17, 15) is 0 Å². The second-order valence-corrected chi connectivity index (χ2v) is 4.40. The van der Waals surface area contributed by atoms with Crippen LogP contribution in [0.3, 0.4) is 0 Å². The monoisotopic (exact) mass is 246 g/mol. The van der Waals surface area contributed by atoms with Crippen molar-refractivity contribution in [3.05, 3.63) is 0 Å². The smallest absolute Gasteiger partial charge is 0.0589 e. The van der Waals surface area contributed by atoms with E-state index in [1.807, 2.05) is 0 Å². The maximum atomic E-state index is 5.95. The van der Waals surface area contributed by atoms with Crippen molar-refractivity contribution in [1.29, 1.82) is 0 Å². The molecule has 0 saturated heterocycles. The van der Waals surface area contributed by atoms with Crippen LogP contribution in [-0.2, 0) is 9.47 Å². The minimum atomic E-state index is 0.440. The number of hydrogen-bond acceptors (Lipinski definition) is 4. The molecule has 0 radical (unpaired) electrons. The van der Waals surface area contributed by atoms with Crippen molar-refractivity contribution in [2.24, 2.45) is 11.7 Å². The van der Waals surface area contributed by atoms with E-state index in [-0.39, 0.29) is 0 Å². The van der Waals surface area contributed by atoms with Crippen LogP contribution in [0.4, 0.5) is 0 Å². The van der Waals surface area contributed by atoms with E-state index in [2.05, 4.69) is 18.7 Å². The lowest BCUT2D eigenvalue weighted by Crippen LogP contribution is -2.48. The molecule has 4 nitrogen and oxygen atoms in total. The molecule has 0 heterocycles. The van der Waals surface area contributed by atoms with Crippen molar-refractivity contribution in [2.45, 2.75) is 32.7 Å². The molecule has 0 aromatic heterocycles. The summed E-state index contributed by atoms with van der Waals surface area (Å²) in [6.45, 7) is 8.54. The van der Waals surface area contributed by atoms with E-state index in [4.69, 9.17) is 15.2 Å². The van der Waals surface area contributed by atoms with E-state index in [1.54, 1.807) is 14.2 Å². The highest BCUT2D eigenvalue weighted by Gasteiger charge is 2.23. The molecule has 0 aliphatic heterocycles. The van der Waals surface area contributed by atoms with Gasteiger partial charge >= 0.3 is 0 Å². The van der Waals surface area contributed by atoms with Gasteiger partial charge in [0.25, 0.3) is 0 Å². The third kappa shape index (κ3) is 6.36. The highest BCUT2D eigenvalue weighted by Crippen LogP contribution is 2.17. The Balaban J connectivity index is 4.45. The second kappa shape index (κ2) is 11.0. The minimum Gasteiger partial charge on any atom is -0.383 e. The van der Waals surface area contributed by atoms with Crippen molar-refractivity contribution in [3.8, 4) is 0 Å². The predicted molar refractivity (Wildman–Crippen MR) is 72.2 cm³/mol. The molecule has 2 N–H and O–H groups in total. The zero-order valence-electron chi connectivity index (χ0n) is 11.9. The fourth-order valence-corrected chi connectivity index (χ4v) is 2.33. The summed E-state index contributed by atoms with van der Waals surface area (Å²) in [6.07, 6.45) is 2.35. The van der Waals surface area contributed by atoms with Crippen molar-refractivity contribution >= 4 is 0 Å². The van der Waals surface area contributed by atoms with Gasteiger partial charge in [0.15, 0.2) is 0 Å². The van der Waals surface area contributed by atoms with Gasteiger partial charge in [-0.2, -0.15) is 0 Å². The molecule has 0 bridgehead atoms. The minimum absolute atomic E-state index is 0.440. The summed E-state index contributed by atoms with van der Waals surface area (Å²) in [6, 6.07) is 0.440. The van der Waals surface area contributed by atoms with Gasteiger partial charge in [-0.25, -0.2) is 0 Å². The number of nitrogens with two attached hydrogens (primary N) is 1. The molecular weight excluding hydrogens is 216 g/mol. The Hall–Kier alpha value is -0.160. The molecule has 0 spiro atoms. The second-order valence-electron chi connectivity index (χ2n) is 4.40. The summed E-state index contributed by atoms with van der Waals surface area (Å²) in [5.41, 5.74) is 5.95.